The highest BCUT2D eigenvalue weighted by atomic mass is 127. The van der Waals surface area contributed by atoms with Gasteiger partial charge in [-0.05, 0) is 29.5 Å². The van der Waals surface area contributed by atoms with Crippen LogP contribution in [0, 0.1) is 0 Å². The van der Waals surface area contributed by atoms with E-state index in [0.29, 0.717) is 3.92 Å². The lowest BCUT2D eigenvalue weighted by molar-refractivity contribution is 0.749. The molecule has 2 atom stereocenters. The standard InChI is InChI=1S/C9H10IN/c1-6-4-9(10)8-5-11-3-2-7(6)8/h2-3,5-6,9H,4H2,1H3/t6-,9+/m1/s1. The number of hydrogen-bond acceptors (Lipinski definition) is 1. The van der Waals surface area contributed by atoms with E-state index >= 15 is 0 Å². The van der Waals surface area contributed by atoms with Crippen LogP contribution in [0.15, 0.2) is 18.5 Å². The molecule has 1 heterocycles. The SMILES string of the molecule is C[C@@H]1C[C@H](I)c2cnccc21. The minimum absolute atomic E-state index is 0.686. The van der Waals surface area contributed by atoms with Gasteiger partial charge in [-0.1, -0.05) is 29.5 Å². The van der Waals surface area contributed by atoms with Crippen LogP contribution in [0.4, 0.5) is 0 Å². The van der Waals surface area contributed by atoms with Gasteiger partial charge in [-0.15, -0.1) is 0 Å². The maximum absolute atomic E-state index is 4.14. The van der Waals surface area contributed by atoms with E-state index < -0.39 is 0 Å². The van der Waals surface area contributed by atoms with Crippen LogP contribution in [0.3, 0.4) is 0 Å². The normalized spacial score (nSPS) is 28.5. The molecule has 0 aliphatic heterocycles. The Kier molecular flexibility index (Phi) is 1.87. The molecule has 1 aromatic heterocycles. The summed E-state index contributed by atoms with van der Waals surface area (Å²) in [4.78, 5) is 4.14. The van der Waals surface area contributed by atoms with Crippen molar-refractivity contribution in [1.29, 1.82) is 0 Å². The molecule has 0 amide bonds. The van der Waals surface area contributed by atoms with Crippen LogP contribution in [-0.4, -0.2) is 4.98 Å². The number of aromatic nitrogens is 1. The average molecular weight is 259 g/mol. The van der Waals surface area contributed by atoms with Crippen molar-refractivity contribution in [1.82, 2.24) is 4.98 Å². The summed E-state index contributed by atoms with van der Waals surface area (Å²) in [6.45, 7) is 2.29. The van der Waals surface area contributed by atoms with E-state index in [1.807, 2.05) is 12.4 Å². The molecule has 0 bridgehead atoms. The van der Waals surface area contributed by atoms with Crippen molar-refractivity contribution in [2.24, 2.45) is 0 Å². The van der Waals surface area contributed by atoms with Gasteiger partial charge in [0.05, 0.1) is 0 Å². The monoisotopic (exact) mass is 259 g/mol. The average Bonchev–Trinajstić information content (AvgIpc) is 2.30. The highest BCUT2D eigenvalue weighted by Gasteiger charge is 2.25. The van der Waals surface area contributed by atoms with Gasteiger partial charge in [0, 0.05) is 16.3 Å². The summed E-state index contributed by atoms with van der Waals surface area (Å²) in [6, 6.07) is 2.15. The van der Waals surface area contributed by atoms with Crippen LogP contribution in [-0.2, 0) is 0 Å². The molecule has 2 rings (SSSR count). The summed E-state index contributed by atoms with van der Waals surface area (Å²) >= 11 is 2.50. The minimum atomic E-state index is 0.686. The van der Waals surface area contributed by atoms with Crippen LogP contribution in [0.1, 0.15) is 34.3 Å². The quantitative estimate of drug-likeness (QED) is 0.515. The van der Waals surface area contributed by atoms with Gasteiger partial charge < -0.3 is 0 Å². The van der Waals surface area contributed by atoms with Gasteiger partial charge in [-0.25, -0.2) is 0 Å². The summed E-state index contributed by atoms with van der Waals surface area (Å²) in [5.41, 5.74) is 2.94. The van der Waals surface area contributed by atoms with Gasteiger partial charge in [-0.2, -0.15) is 0 Å². The van der Waals surface area contributed by atoms with Gasteiger partial charge in [-0.3, -0.25) is 4.98 Å². The molecule has 58 valence electrons. The molecular formula is C9H10IN. The van der Waals surface area contributed by atoms with E-state index in [9.17, 15) is 0 Å². The Balaban J connectivity index is 2.52. The first-order chi connectivity index (χ1) is 5.29. The van der Waals surface area contributed by atoms with E-state index in [1.54, 1.807) is 0 Å². The highest BCUT2D eigenvalue weighted by molar-refractivity contribution is 14.1. The van der Waals surface area contributed by atoms with E-state index in [4.69, 9.17) is 0 Å². The van der Waals surface area contributed by atoms with Crippen LogP contribution in [0.5, 0.6) is 0 Å². The molecule has 0 aromatic carbocycles. The van der Waals surface area contributed by atoms with E-state index in [-0.39, 0.29) is 0 Å². The van der Waals surface area contributed by atoms with Crippen molar-refractivity contribution in [3.63, 3.8) is 0 Å². The van der Waals surface area contributed by atoms with Crippen LogP contribution in [0.2, 0.25) is 0 Å². The molecule has 2 heteroatoms. The smallest absolute Gasteiger partial charge is 0.0383 e. The number of fused-ring (bicyclic) bond motifs is 1. The first-order valence-corrected chi connectivity index (χ1v) is 5.11. The predicted molar refractivity (Wildman–Crippen MR) is 54.0 cm³/mol. The zero-order valence-corrected chi connectivity index (χ0v) is 8.58. The fourth-order valence-electron chi connectivity index (χ4n) is 1.69. The molecule has 0 unspecified atom stereocenters. The zero-order chi connectivity index (χ0) is 7.84. The molecule has 1 nitrogen and oxygen atoms in total. The molecule has 1 aliphatic rings. The van der Waals surface area contributed by atoms with Crippen LogP contribution in [0.25, 0.3) is 0 Å². The molecule has 0 saturated carbocycles. The van der Waals surface area contributed by atoms with E-state index in [2.05, 4.69) is 40.6 Å². The van der Waals surface area contributed by atoms with E-state index in [0.717, 1.165) is 5.92 Å². The summed E-state index contributed by atoms with van der Waals surface area (Å²) in [5, 5.41) is 0. The summed E-state index contributed by atoms with van der Waals surface area (Å²) in [7, 11) is 0. The van der Waals surface area contributed by atoms with Crippen molar-refractivity contribution in [3.8, 4) is 0 Å². The van der Waals surface area contributed by atoms with Gasteiger partial charge in [0.15, 0.2) is 0 Å². The number of nitrogens with zero attached hydrogens (tertiary/aromatic N) is 1. The number of pyridine rings is 1. The molecule has 0 N–H and O–H groups in total. The number of rotatable bonds is 0. The maximum Gasteiger partial charge on any atom is 0.0383 e. The van der Waals surface area contributed by atoms with Gasteiger partial charge >= 0.3 is 0 Å². The fourth-order valence-corrected chi connectivity index (χ4v) is 2.98. The molecular weight excluding hydrogens is 249 g/mol. The molecule has 0 saturated heterocycles. The fraction of sp³-hybridized carbons (Fsp3) is 0.444. The Hall–Kier alpha value is -0.120. The second kappa shape index (κ2) is 2.73. The predicted octanol–water partition coefficient (Wildman–Crippen LogP) is 3.06. The zero-order valence-electron chi connectivity index (χ0n) is 6.42. The van der Waals surface area contributed by atoms with Gasteiger partial charge in [0.25, 0.3) is 0 Å². The Bertz CT molecular complexity index is 245. The second-order valence-electron chi connectivity index (χ2n) is 3.11. The third kappa shape index (κ3) is 1.17. The molecule has 0 spiro atoms. The van der Waals surface area contributed by atoms with Gasteiger partial charge in [0.2, 0.25) is 0 Å². The Morgan fingerprint density at radius 3 is 3.09 bits per heavy atom. The Labute approximate surface area is 80.4 Å². The van der Waals surface area contributed by atoms with Crippen molar-refractivity contribution in [2.75, 3.05) is 0 Å². The molecule has 1 aliphatic carbocycles. The number of halogens is 1. The molecule has 0 fully saturated rings. The summed E-state index contributed by atoms with van der Waals surface area (Å²) in [6.07, 6.45) is 5.18. The third-order valence-electron chi connectivity index (χ3n) is 2.32. The van der Waals surface area contributed by atoms with Gasteiger partial charge in [0.1, 0.15) is 0 Å². The maximum atomic E-state index is 4.14. The first kappa shape index (κ1) is 7.53. The summed E-state index contributed by atoms with van der Waals surface area (Å²) < 4.78 is 0.686. The molecule has 11 heavy (non-hydrogen) atoms. The van der Waals surface area contributed by atoms with Crippen LogP contribution >= 0.6 is 22.6 Å². The first-order valence-electron chi connectivity index (χ1n) is 3.87. The lowest BCUT2D eigenvalue weighted by Crippen LogP contribution is -1.85. The number of hydrogen-bond donors (Lipinski definition) is 0. The molecule has 0 radical (unpaired) electrons. The van der Waals surface area contributed by atoms with E-state index in [1.165, 1.54) is 17.5 Å². The van der Waals surface area contributed by atoms with Crippen molar-refractivity contribution in [2.45, 2.75) is 23.2 Å². The lowest BCUT2D eigenvalue weighted by atomic mass is 10.1. The topological polar surface area (TPSA) is 12.9 Å². The van der Waals surface area contributed by atoms with Crippen molar-refractivity contribution >= 4 is 22.6 Å². The van der Waals surface area contributed by atoms with Crippen molar-refractivity contribution in [3.05, 3.63) is 29.6 Å². The largest absolute Gasteiger partial charge is 0.264 e. The third-order valence-corrected chi connectivity index (χ3v) is 3.50. The lowest BCUT2D eigenvalue weighted by Gasteiger charge is -2.00. The highest BCUT2D eigenvalue weighted by Crippen LogP contribution is 2.44. The summed E-state index contributed by atoms with van der Waals surface area (Å²) in [5.74, 6) is 0.731. The number of alkyl halides is 1. The Morgan fingerprint density at radius 1 is 1.55 bits per heavy atom. The minimum Gasteiger partial charge on any atom is -0.264 e. The van der Waals surface area contributed by atoms with Crippen LogP contribution < -0.4 is 0 Å². The molecule has 1 aromatic rings. The second-order valence-corrected chi connectivity index (χ2v) is 4.61. The Morgan fingerprint density at radius 2 is 2.36 bits per heavy atom. The van der Waals surface area contributed by atoms with Crippen molar-refractivity contribution < 1.29 is 0 Å².